The molecule has 6 nitrogen and oxygen atoms in total. The lowest BCUT2D eigenvalue weighted by atomic mass is 9.81. The minimum absolute atomic E-state index is 0.107. The van der Waals surface area contributed by atoms with Gasteiger partial charge in [0.2, 0.25) is 11.8 Å². The number of aromatic nitrogens is 2. The van der Waals surface area contributed by atoms with Crippen LogP contribution < -0.4 is 15.4 Å². The van der Waals surface area contributed by atoms with Gasteiger partial charge in [-0.15, -0.1) is 0 Å². The second-order valence-electron chi connectivity index (χ2n) is 6.82. The van der Waals surface area contributed by atoms with Crippen LogP contribution >= 0.6 is 11.8 Å². The molecule has 28 heavy (non-hydrogen) atoms. The smallest absolute Gasteiger partial charge is 0.255 e. The summed E-state index contributed by atoms with van der Waals surface area (Å²) < 4.78 is 47.2. The highest BCUT2D eigenvalue weighted by Crippen LogP contribution is 2.47. The molecule has 1 fully saturated rings. The van der Waals surface area contributed by atoms with Gasteiger partial charge >= 0.3 is 0 Å². The van der Waals surface area contributed by atoms with Gasteiger partial charge in [-0.2, -0.15) is 9.37 Å². The summed E-state index contributed by atoms with van der Waals surface area (Å²) in [6.45, 7) is 2.22. The maximum absolute atomic E-state index is 14.7. The highest BCUT2D eigenvalue weighted by atomic mass is 32.2. The van der Waals surface area contributed by atoms with Crippen LogP contribution in [-0.4, -0.2) is 41.1 Å². The minimum atomic E-state index is -0.994. The SMILES string of the molecule is COc1nc(N2C[C@H]3CSC(N)=N[C@@]3(c3ccc(F)cc3F)C2)nc(C)c1F. The molecule has 0 bridgehead atoms. The molecular weight excluding hydrogens is 391 g/mol. The zero-order chi connectivity index (χ0) is 20.1. The Bertz CT molecular complexity index is 972. The average Bonchev–Trinajstić information content (AvgIpc) is 3.03. The summed E-state index contributed by atoms with van der Waals surface area (Å²) in [5.74, 6) is -1.34. The van der Waals surface area contributed by atoms with Crippen molar-refractivity contribution in [2.75, 3.05) is 30.9 Å². The first-order valence-corrected chi connectivity index (χ1v) is 9.59. The van der Waals surface area contributed by atoms with Crippen LogP contribution in [0.15, 0.2) is 23.2 Å². The second-order valence-corrected chi connectivity index (χ2v) is 7.86. The van der Waals surface area contributed by atoms with Crippen LogP contribution in [0, 0.1) is 30.3 Å². The quantitative estimate of drug-likeness (QED) is 0.840. The number of methoxy groups -OCH3 is 1. The van der Waals surface area contributed by atoms with E-state index in [1.54, 1.807) is 0 Å². The molecule has 2 aliphatic rings. The van der Waals surface area contributed by atoms with Gasteiger partial charge in [0, 0.05) is 29.8 Å². The van der Waals surface area contributed by atoms with E-state index in [1.165, 1.54) is 37.9 Å². The van der Waals surface area contributed by atoms with Gasteiger partial charge in [-0.05, 0) is 13.0 Å². The molecule has 0 spiro atoms. The molecule has 3 heterocycles. The van der Waals surface area contributed by atoms with Crippen molar-refractivity contribution in [2.45, 2.75) is 12.5 Å². The number of halogens is 3. The van der Waals surface area contributed by atoms with E-state index in [9.17, 15) is 13.2 Å². The Morgan fingerprint density at radius 2 is 2.07 bits per heavy atom. The van der Waals surface area contributed by atoms with E-state index < -0.39 is 23.0 Å². The number of benzene rings is 1. The molecule has 4 rings (SSSR count). The first-order valence-electron chi connectivity index (χ1n) is 8.61. The predicted octanol–water partition coefficient (Wildman–Crippen LogP) is 2.60. The molecule has 0 aliphatic carbocycles. The predicted molar refractivity (Wildman–Crippen MR) is 101 cm³/mol. The Hall–Kier alpha value is -2.49. The number of rotatable bonds is 3. The fourth-order valence-corrected chi connectivity index (χ4v) is 4.77. The van der Waals surface area contributed by atoms with Gasteiger partial charge in [-0.25, -0.2) is 18.8 Å². The van der Waals surface area contributed by atoms with Crippen molar-refractivity contribution in [1.29, 1.82) is 0 Å². The highest BCUT2D eigenvalue weighted by Gasteiger charge is 2.52. The minimum Gasteiger partial charge on any atom is -0.479 e. The molecular formula is C18H18F3N5OS. The average molecular weight is 409 g/mol. The first-order chi connectivity index (χ1) is 13.3. The fourth-order valence-electron chi connectivity index (χ4n) is 3.79. The monoisotopic (exact) mass is 409 g/mol. The number of ether oxygens (including phenoxy) is 1. The molecule has 0 radical (unpaired) electrons. The first kappa shape index (κ1) is 18.9. The molecule has 2 aromatic rings. The lowest BCUT2D eigenvalue weighted by Gasteiger charge is -2.34. The Morgan fingerprint density at radius 3 is 2.79 bits per heavy atom. The fraction of sp³-hybridized carbons (Fsp3) is 0.389. The van der Waals surface area contributed by atoms with E-state index in [0.29, 0.717) is 17.5 Å². The lowest BCUT2D eigenvalue weighted by Crippen LogP contribution is -2.40. The second kappa shape index (κ2) is 6.84. The summed E-state index contributed by atoms with van der Waals surface area (Å²) in [5, 5.41) is 0.343. The maximum Gasteiger partial charge on any atom is 0.255 e. The van der Waals surface area contributed by atoms with Crippen molar-refractivity contribution in [3.05, 3.63) is 46.9 Å². The molecule has 148 valence electrons. The number of aryl methyl sites for hydroxylation is 1. The van der Waals surface area contributed by atoms with E-state index in [2.05, 4.69) is 15.0 Å². The summed E-state index contributed by atoms with van der Waals surface area (Å²) >= 11 is 1.39. The number of nitrogens with zero attached hydrogens (tertiary/aromatic N) is 4. The van der Waals surface area contributed by atoms with Gasteiger partial charge in [-0.1, -0.05) is 17.8 Å². The molecule has 2 N–H and O–H groups in total. The van der Waals surface area contributed by atoms with Crippen molar-refractivity contribution < 1.29 is 17.9 Å². The van der Waals surface area contributed by atoms with Crippen LogP contribution in [0.3, 0.4) is 0 Å². The van der Waals surface area contributed by atoms with E-state index in [4.69, 9.17) is 10.5 Å². The van der Waals surface area contributed by atoms with Crippen LogP contribution in [0.1, 0.15) is 11.3 Å². The summed E-state index contributed by atoms with van der Waals surface area (Å²) in [5.41, 5.74) is 5.39. The summed E-state index contributed by atoms with van der Waals surface area (Å²) in [6.07, 6.45) is 0. The summed E-state index contributed by atoms with van der Waals surface area (Å²) in [6, 6.07) is 3.46. The third kappa shape index (κ3) is 2.95. The van der Waals surface area contributed by atoms with Crippen molar-refractivity contribution in [3.63, 3.8) is 0 Å². The van der Waals surface area contributed by atoms with E-state index in [-0.39, 0.29) is 35.5 Å². The number of nitrogens with two attached hydrogens (primary N) is 1. The normalized spacial score (nSPS) is 24.1. The molecule has 0 saturated carbocycles. The van der Waals surface area contributed by atoms with Crippen LogP contribution in [0.25, 0.3) is 0 Å². The van der Waals surface area contributed by atoms with Gasteiger partial charge < -0.3 is 15.4 Å². The van der Waals surface area contributed by atoms with Gasteiger partial charge in [0.05, 0.1) is 19.3 Å². The van der Waals surface area contributed by atoms with E-state index >= 15 is 0 Å². The van der Waals surface area contributed by atoms with Crippen molar-refractivity contribution in [2.24, 2.45) is 16.6 Å². The molecule has 0 unspecified atom stereocenters. The number of hydrogen-bond donors (Lipinski definition) is 1. The van der Waals surface area contributed by atoms with Crippen molar-refractivity contribution in [3.8, 4) is 5.88 Å². The molecule has 2 atom stereocenters. The number of hydrogen-bond acceptors (Lipinski definition) is 7. The summed E-state index contributed by atoms with van der Waals surface area (Å²) in [4.78, 5) is 14.8. The van der Waals surface area contributed by atoms with Crippen molar-refractivity contribution >= 4 is 22.9 Å². The van der Waals surface area contributed by atoms with Crippen LogP contribution in [-0.2, 0) is 5.54 Å². The Labute approximate surface area is 164 Å². The van der Waals surface area contributed by atoms with Crippen LogP contribution in [0.5, 0.6) is 5.88 Å². The molecule has 1 saturated heterocycles. The molecule has 0 amide bonds. The number of aliphatic imine (C=N–C) groups is 1. The van der Waals surface area contributed by atoms with Gasteiger partial charge in [0.15, 0.2) is 5.17 Å². The van der Waals surface area contributed by atoms with Crippen molar-refractivity contribution in [1.82, 2.24) is 9.97 Å². The highest BCUT2D eigenvalue weighted by molar-refractivity contribution is 8.13. The third-order valence-corrected chi connectivity index (χ3v) is 6.09. The lowest BCUT2D eigenvalue weighted by molar-refractivity contribution is 0.364. The summed E-state index contributed by atoms with van der Waals surface area (Å²) in [7, 11) is 1.33. The number of thioether (sulfide) groups is 1. The molecule has 1 aromatic heterocycles. The standard InChI is InChI=1S/C18H18F3N5OS/c1-9-14(21)15(27-2)24-17(23-9)26-6-10-7-28-16(22)25-18(10,8-26)12-4-3-11(19)5-13(12)20/h3-5,10H,6-8H2,1-2H3,(H2,22,25)/t10-,18-/m0/s1. The van der Waals surface area contributed by atoms with Gasteiger partial charge in [0.25, 0.3) is 5.88 Å². The topological polar surface area (TPSA) is 76.6 Å². The van der Waals surface area contributed by atoms with E-state index in [1.807, 2.05) is 4.90 Å². The Morgan fingerprint density at radius 1 is 1.29 bits per heavy atom. The zero-order valence-electron chi connectivity index (χ0n) is 15.2. The van der Waals surface area contributed by atoms with Gasteiger partial charge in [0.1, 0.15) is 17.2 Å². The largest absolute Gasteiger partial charge is 0.479 e. The Kier molecular flexibility index (Phi) is 4.60. The zero-order valence-corrected chi connectivity index (χ0v) is 16.1. The number of fused-ring (bicyclic) bond motifs is 1. The van der Waals surface area contributed by atoms with Gasteiger partial charge in [-0.3, -0.25) is 0 Å². The molecule has 2 aliphatic heterocycles. The molecule has 1 aromatic carbocycles. The van der Waals surface area contributed by atoms with Crippen LogP contribution in [0.2, 0.25) is 0 Å². The Balaban J connectivity index is 1.80. The van der Waals surface area contributed by atoms with Crippen LogP contribution in [0.4, 0.5) is 19.1 Å². The maximum atomic E-state index is 14.7. The molecule has 10 heteroatoms. The number of amidine groups is 1. The van der Waals surface area contributed by atoms with E-state index in [0.717, 1.165) is 6.07 Å². The third-order valence-electron chi connectivity index (χ3n) is 5.14. The number of anilines is 1.